The van der Waals surface area contributed by atoms with Gasteiger partial charge in [0, 0.05) is 11.1 Å². The van der Waals surface area contributed by atoms with E-state index >= 15 is 0 Å². The van der Waals surface area contributed by atoms with Crippen LogP contribution < -0.4 is 19.9 Å². The predicted molar refractivity (Wildman–Crippen MR) is 97.0 cm³/mol. The second-order valence-electron chi connectivity index (χ2n) is 5.28. The van der Waals surface area contributed by atoms with E-state index in [2.05, 4.69) is 9.97 Å². The molecule has 128 valence electrons. The normalized spacial score (nSPS) is 10.4. The maximum absolute atomic E-state index is 5.92. The van der Waals surface area contributed by atoms with Crippen LogP contribution in [0.15, 0.2) is 48.5 Å². The quantitative estimate of drug-likeness (QED) is 0.768. The molecule has 0 bridgehead atoms. The first-order valence-corrected chi connectivity index (χ1v) is 7.66. The van der Waals surface area contributed by atoms with Crippen LogP contribution in [0.5, 0.6) is 17.2 Å². The highest BCUT2D eigenvalue weighted by atomic mass is 16.5. The summed E-state index contributed by atoms with van der Waals surface area (Å²) in [5.74, 6) is 1.83. The van der Waals surface area contributed by atoms with Crippen molar-refractivity contribution < 1.29 is 14.2 Å². The number of methoxy groups -OCH3 is 3. The number of ether oxygens (including phenoxy) is 3. The van der Waals surface area contributed by atoms with Crippen molar-refractivity contribution in [2.24, 2.45) is 0 Å². The van der Waals surface area contributed by atoms with Crippen molar-refractivity contribution in [1.82, 2.24) is 9.97 Å². The lowest BCUT2D eigenvalue weighted by Gasteiger charge is -2.14. The fourth-order valence-corrected chi connectivity index (χ4v) is 2.60. The summed E-state index contributed by atoms with van der Waals surface area (Å²) in [5.41, 5.74) is 9.10. The Morgan fingerprint density at radius 3 is 1.80 bits per heavy atom. The zero-order chi connectivity index (χ0) is 17.8. The molecule has 6 heteroatoms. The lowest BCUT2D eigenvalue weighted by Crippen LogP contribution is -2.00. The van der Waals surface area contributed by atoms with Gasteiger partial charge in [-0.05, 0) is 18.2 Å². The van der Waals surface area contributed by atoms with Gasteiger partial charge in [-0.25, -0.2) is 9.97 Å². The first-order chi connectivity index (χ1) is 12.2. The molecule has 0 aliphatic heterocycles. The van der Waals surface area contributed by atoms with E-state index < -0.39 is 0 Å². The molecular weight excluding hydrogens is 318 g/mol. The highest BCUT2D eigenvalue weighted by Gasteiger charge is 2.16. The number of rotatable bonds is 5. The minimum absolute atomic E-state index is 0.199. The second kappa shape index (κ2) is 7.09. The monoisotopic (exact) mass is 337 g/mol. The van der Waals surface area contributed by atoms with Crippen molar-refractivity contribution in [3.8, 4) is 39.8 Å². The molecule has 0 aliphatic carbocycles. The van der Waals surface area contributed by atoms with Crippen LogP contribution in [0, 0.1) is 0 Å². The number of anilines is 1. The van der Waals surface area contributed by atoms with E-state index in [0.29, 0.717) is 22.9 Å². The van der Waals surface area contributed by atoms with E-state index in [0.717, 1.165) is 16.8 Å². The highest BCUT2D eigenvalue weighted by molar-refractivity contribution is 5.73. The van der Waals surface area contributed by atoms with E-state index in [1.54, 1.807) is 21.3 Å². The molecule has 0 spiro atoms. The summed E-state index contributed by atoms with van der Waals surface area (Å²) >= 11 is 0. The van der Waals surface area contributed by atoms with E-state index in [9.17, 15) is 0 Å². The van der Waals surface area contributed by atoms with Gasteiger partial charge in [-0.3, -0.25) is 0 Å². The van der Waals surface area contributed by atoms with E-state index in [-0.39, 0.29) is 5.95 Å². The number of nitrogens with zero attached hydrogens (tertiary/aromatic N) is 2. The van der Waals surface area contributed by atoms with E-state index in [4.69, 9.17) is 19.9 Å². The third-order valence-corrected chi connectivity index (χ3v) is 3.77. The van der Waals surface area contributed by atoms with Crippen molar-refractivity contribution >= 4 is 5.95 Å². The molecule has 1 aromatic heterocycles. The average molecular weight is 337 g/mol. The summed E-state index contributed by atoms with van der Waals surface area (Å²) in [4.78, 5) is 8.68. The standard InChI is InChI=1S/C19H19N3O3/c1-23-16-9-13(10-17(24-2)18(16)25-3)15-11-14(21-19(20)22-15)12-7-5-4-6-8-12/h4-11H,1-3H3,(H2,20,21,22). The molecule has 3 rings (SSSR count). The number of hydrogen-bond donors (Lipinski definition) is 1. The van der Waals surface area contributed by atoms with Crippen LogP contribution in [0.25, 0.3) is 22.5 Å². The average Bonchev–Trinajstić information content (AvgIpc) is 2.66. The molecule has 0 unspecified atom stereocenters. The molecule has 0 atom stereocenters. The van der Waals surface area contributed by atoms with Crippen LogP contribution in [0.2, 0.25) is 0 Å². The Morgan fingerprint density at radius 1 is 0.720 bits per heavy atom. The van der Waals surface area contributed by atoms with Gasteiger partial charge in [0.05, 0.1) is 32.7 Å². The fraction of sp³-hybridized carbons (Fsp3) is 0.158. The van der Waals surface area contributed by atoms with Gasteiger partial charge in [0.2, 0.25) is 11.7 Å². The summed E-state index contributed by atoms with van der Waals surface area (Å²) in [5, 5.41) is 0. The zero-order valence-electron chi connectivity index (χ0n) is 14.3. The molecule has 0 amide bonds. The molecule has 3 aromatic rings. The molecule has 0 saturated heterocycles. The van der Waals surface area contributed by atoms with Crippen LogP contribution in [-0.2, 0) is 0 Å². The lowest BCUT2D eigenvalue weighted by molar-refractivity contribution is 0.324. The van der Waals surface area contributed by atoms with Gasteiger partial charge in [-0.15, -0.1) is 0 Å². The number of hydrogen-bond acceptors (Lipinski definition) is 6. The number of nitrogens with two attached hydrogens (primary N) is 1. The topological polar surface area (TPSA) is 79.5 Å². The Kier molecular flexibility index (Phi) is 4.70. The highest BCUT2D eigenvalue weighted by Crippen LogP contribution is 2.41. The van der Waals surface area contributed by atoms with Gasteiger partial charge in [0.1, 0.15) is 0 Å². The third kappa shape index (κ3) is 3.33. The van der Waals surface area contributed by atoms with Crippen LogP contribution in [-0.4, -0.2) is 31.3 Å². The van der Waals surface area contributed by atoms with Crippen LogP contribution >= 0.6 is 0 Å². The SMILES string of the molecule is COc1cc(-c2cc(-c3ccccc3)nc(N)n2)cc(OC)c1OC. The van der Waals surface area contributed by atoms with Gasteiger partial charge < -0.3 is 19.9 Å². The van der Waals surface area contributed by atoms with Crippen LogP contribution in [0.1, 0.15) is 0 Å². The van der Waals surface area contributed by atoms with Gasteiger partial charge in [-0.2, -0.15) is 0 Å². The van der Waals surface area contributed by atoms with Crippen LogP contribution in [0.3, 0.4) is 0 Å². The second-order valence-corrected chi connectivity index (χ2v) is 5.28. The number of nitrogen functional groups attached to an aromatic ring is 1. The fourth-order valence-electron chi connectivity index (χ4n) is 2.60. The maximum Gasteiger partial charge on any atom is 0.221 e. The summed E-state index contributed by atoms with van der Waals surface area (Å²) in [7, 11) is 4.71. The molecular formula is C19H19N3O3. The van der Waals surface area contributed by atoms with Crippen molar-refractivity contribution in [2.45, 2.75) is 0 Å². The first kappa shape index (κ1) is 16.6. The summed E-state index contributed by atoms with van der Waals surface area (Å²) in [6.45, 7) is 0. The Morgan fingerprint density at radius 2 is 1.28 bits per heavy atom. The molecule has 1 heterocycles. The first-order valence-electron chi connectivity index (χ1n) is 7.66. The molecule has 0 aliphatic rings. The molecule has 2 N–H and O–H groups in total. The van der Waals surface area contributed by atoms with Crippen molar-refractivity contribution in [3.05, 3.63) is 48.5 Å². The predicted octanol–water partition coefficient (Wildman–Crippen LogP) is 3.42. The Balaban J connectivity index is 2.15. The molecule has 0 saturated carbocycles. The van der Waals surface area contributed by atoms with Gasteiger partial charge >= 0.3 is 0 Å². The molecule has 2 aromatic carbocycles. The van der Waals surface area contributed by atoms with Crippen molar-refractivity contribution in [2.75, 3.05) is 27.1 Å². The summed E-state index contributed by atoms with van der Waals surface area (Å²) in [6.07, 6.45) is 0. The Hall–Kier alpha value is -3.28. The van der Waals surface area contributed by atoms with E-state index in [1.165, 1.54) is 0 Å². The largest absolute Gasteiger partial charge is 0.493 e. The Bertz CT molecular complexity index is 857. The minimum Gasteiger partial charge on any atom is -0.493 e. The van der Waals surface area contributed by atoms with Gasteiger partial charge in [-0.1, -0.05) is 30.3 Å². The van der Waals surface area contributed by atoms with Crippen LogP contribution in [0.4, 0.5) is 5.95 Å². The third-order valence-electron chi connectivity index (χ3n) is 3.77. The van der Waals surface area contributed by atoms with E-state index in [1.807, 2.05) is 48.5 Å². The number of benzene rings is 2. The zero-order valence-corrected chi connectivity index (χ0v) is 14.3. The summed E-state index contributed by atoms with van der Waals surface area (Å²) < 4.78 is 16.2. The number of aromatic nitrogens is 2. The van der Waals surface area contributed by atoms with Crippen molar-refractivity contribution in [3.63, 3.8) is 0 Å². The summed E-state index contributed by atoms with van der Waals surface area (Å²) in [6, 6.07) is 15.3. The van der Waals surface area contributed by atoms with Crippen molar-refractivity contribution in [1.29, 1.82) is 0 Å². The van der Waals surface area contributed by atoms with Gasteiger partial charge in [0.25, 0.3) is 0 Å². The minimum atomic E-state index is 0.199. The Labute approximate surface area is 146 Å². The lowest BCUT2D eigenvalue weighted by atomic mass is 10.1. The molecule has 0 fully saturated rings. The smallest absolute Gasteiger partial charge is 0.221 e. The maximum atomic E-state index is 5.92. The molecule has 25 heavy (non-hydrogen) atoms. The van der Waals surface area contributed by atoms with Gasteiger partial charge in [0.15, 0.2) is 11.5 Å². The molecule has 0 radical (unpaired) electrons. The molecule has 6 nitrogen and oxygen atoms in total.